The smallest absolute Gasteiger partial charge is 0.121 e. The fourth-order valence-corrected chi connectivity index (χ4v) is 7.39. The molecule has 0 aliphatic rings. The van der Waals surface area contributed by atoms with E-state index in [9.17, 15) is 0 Å². The predicted molar refractivity (Wildman–Crippen MR) is 196 cm³/mol. The Balaban J connectivity index is 0.000000212. The van der Waals surface area contributed by atoms with E-state index in [1.54, 1.807) is 0 Å². The van der Waals surface area contributed by atoms with E-state index in [2.05, 4.69) is 121 Å². The summed E-state index contributed by atoms with van der Waals surface area (Å²) in [6.07, 6.45) is 11.0. The second-order valence-corrected chi connectivity index (χ2v) is 20.8. The van der Waals surface area contributed by atoms with Gasteiger partial charge in [0.15, 0.2) is 0 Å². The van der Waals surface area contributed by atoms with Gasteiger partial charge in [-0.05, 0) is 76.6 Å². The van der Waals surface area contributed by atoms with Gasteiger partial charge in [-0.3, -0.25) is 0 Å². The number of aryl methyl sites for hydroxylation is 1. The molecule has 0 saturated carbocycles. The molecule has 247 valence electrons. The van der Waals surface area contributed by atoms with Crippen LogP contribution in [-0.2, 0) is 32.9 Å². The second-order valence-electron chi connectivity index (χ2n) is 15.8. The number of hydrogen-bond acceptors (Lipinski definition) is 4. The van der Waals surface area contributed by atoms with Gasteiger partial charge in [0.2, 0.25) is 0 Å². The summed E-state index contributed by atoms with van der Waals surface area (Å²) in [7, 11) is -1.37. The molecule has 0 amide bonds. The van der Waals surface area contributed by atoms with Crippen LogP contribution in [0.25, 0.3) is 44.5 Å². The Hall–Kier alpha value is -3.44. The molecule has 6 heteroatoms. The molecule has 0 aliphatic heterocycles. The van der Waals surface area contributed by atoms with Crippen LogP contribution in [0.15, 0.2) is 83.7 Å². The largest absolute Gasteiger partial charge is 0.500 e. The molecule has 1 radical (unpaired) electrons. The van der Waals surface area contributed by atoms with E-state index < -0.39 is 8.07 Å². The quantitative estimate of drug-likeness (QED) is 0.128. The van der Waals surface area contributed by atoms with Gasteiger partial charge in [0.1, 0.15) is 5.58 Å². The Morgan fingerprint density at radius 1 is 0.745 bits per heavy atom. The first kappa shape index (κ1) is 36.4. The van der Waals surface area contributed by atoms with E-state index in [1.165, 1.54) is 21.9 Å². The van der Waals surface area contributed by atoms with Gasteiger partial charge in [-0.1, -0.05) is 108 Å². The molecular weight excluding hydrogens is 771 g/mol. The summed E-state index contributed by atoms with van der Waals surface area (Å²) in [4.78, 5) is 13.7. The zero-order valence-electron chi connectivity index (χ0n) is 29.5. The molecular formula is C41H47IrN3OSi-2. The second kappa shape index (κ2) is 14.4. The number of furan rings is 1. The molecule has 47 heavy (non-hydrogen) atoms. The molecule has 0 atom stereocenters. The molecule has 0 unspecified atom stereocenters. The van der Waals surface area contributed by atoms with Gasteiger partial charge in [-0.25, -0.2) is 0 Å². The Labute approximate surface area is 295 Å². The van der Waals surface area contributed by atoms with Gasteiger partial charge >= 0.3 is 0 Å². The van der Waals surface area contributed by atoms with E-state index >= 15 is 0 Å². The van der Waals surface area contributed by atoms with Crippen molar-refractivity contribution in [3.05, 3.63) is 108 Å². The molecule has 0 saturated heterocycles. The Morgan fingerprint density at radius 2 is 1.38 bits per heavy atom. The first-order valence-electron chi connectivity index (χ1n) is 16.2. The van der Waals surface area contributed by atoms with E-state index in [1.807, 2.05) is 48.8 Å². The van der Waals surface area contributed by atoms with Crippen LogP contribution in [0.4, 0.5) is 0 Å². The van der Waals surface area contributed by atoms with Crippen molar-refractivity contribution < 1.29 is 24.5 Å². The van der Waals surface area contributed by atoms with Crippen molar-refractivity contribution in [3.8, 4) is 22.5 Å². The van der Waals surface area contributed by atoms with Crippen molar-refractivity contribution in [2.24, 2.45) is 10.8 Å². The number of pyridine rings is 3. The van der Waals surface area contributed by atoms with E-state index in [4.69, 9.17) is 9.40 Å². The van der Waals surface area contributed by atoms with Crippen molar-refractivity contribution in [2.45, 2.75) is 80.9 Å². The van der Waals surface area contributed by atoms with Crippen molar-refractivity contribution in [1.82, 2.24) is 15.0 Å². The summed E-state index contributed by atoms with van der Waals surface area (Å²) in [6, 6.07) is 23.8. The average Bonchev–Trinajstić information content (AvgIpc) is 3.36. The van der Waals surface area contributed by atoms with Crippen LogP contribution in [0, 0.1) is 30.0 Å². The number of nitrogens with zero attached hydrogens (tertiary/aromatic N) is 3. The van der Waals surface area contributed by atoms with E-state index in [0.717, 1.165) is 57.3 Å². The first-order chi connectivity index (χ1) is 21.6. The average molecular weight is 818 g/mol. The summed E-state index contributed by atoms with van der Waals surface area (Å²) >= 11 is 0. The molecule has 6 aromatic rings. The number of para-hydroxylation sites is 1. The number of fused-ring (bicyclic) bond motifs is 3. The fraction of sp³-hybridized carbons (Fsp3) is 0.341. The van der Waals surface area contributed by atoms with Crippen LogP contribution >= 0.6 is 0 Å². The van der Waals surface area contributed by atoms with Crippen molar-refractivity contribution >= 4 is 35.2 Å². The molecule has 4 nitrogen and oxygen atoms in total. The van der Waals surface area contributed by atoms with Crippen molar-refractivity contribution in [2.75, 3.05) is 0 Å². The molecule has 6 rings (SSSR count). The number of aromatic nitrogens is 3. The van der Waals surface area contributed by atoms with Gasteiger partial charge in [0.05, 0.1) is 13.7 Å². The maximum absolute atomic E-state index is 6.10. The van der Waals surface area contributed by atoms with Crippen LogP contribution in [0.5, 0.6) is 0 Å². The molecule has 2 aromatic carbocycles. The summed E-state index contributed by atoms with van der Waals surface area (Å²) < 4.78 is 6.10. The first-order valence-corrected chi connectivity index (χ1v) is 19.7. The maximum atomic E-state index is 6.10. The zero-order valence-corrected chi connectivity index (χ0v) is 32.9. The fourth-order valence-electron chi connectivity index (χ4n) is 5.82. The predicted octanol–water partition coefficient (Wildman–Crippen LogP) is 10.4. The topological polar surface area (TPSA) is 51.8 Å². The monoisotopic (exact) mass is 818 g/mol. The molecule has 0 fully saturated rings. The van der Waals surface area contributed by atoms with Crippen molar-refractivity contribution in [3.63, 3.8) is 0 Å². The third-order valence-corrected chi connectivity index (χ3v) is 9.99. The minimum atomic E-state index is -1.37. The Kier molecular flexibility index (Phi) is 11.1. The van der Waals surface area contributed by atoms with Gasteiger partial charge in [0.25, 0.3) is 0 Å². The summed E-state index contributed by atoms with van der Waals surface area (Å²) in [5.74, 6) is 0. The minimum Gasteiger partial charge on any atom is -0.500 e. The standard InChI is InChI=1S/C22H21N2O.C19H26NSi.Ir/c1-14-11-24-19(9-15(14)10-22(2,3)4)18-13-23-12-17-16-7-5-6-8-20(16)25-21(17)18;1-19(2,3)13-16-12-17(15-10-8-7-9-11-15)20-14-18(16)21(4,5)6;/h5-9,11-12H,10H2,1-4H3;7-10,12,14H,13H2,1-6H3;/q2*-1;. The molecule has 0 spiro atoms. The van der Waals surface area contributed by atoms with Crippen LogP contribution in [-0.4, -0.2) is 23.0 Å². The Bertz CT molecular complexity index is 1960. The minimum absolute atomic E-state index is 0. The number of rotatable bonds is 5. The summed E-state index contributed by atoms with van der Waals surface area (Å²) in [5.41, 5.74) is 9.95. The third-order valence-electron chi connectivity index (χ3n) is 7.93. The molecule has 0 aliphatic carbocycles. The molecule has 0 N–H and O–H groups in total. The number of hydrogen-bond donors (Lipinski definition) is 0. The summed E-state index contributed by atoms with van der Waals surface area (Å²) in [5, 5.41) is 3.56. The molecule has 0 bridgehead atoms. The van der Waals surface area contributed by atoms with Crippen LogP contribution in [0.2, 0.25) is 19.6 Å². The van der Waals surface area contributed by atoms with Gasteiger partial charge in [0, 0.05) is 37.9 Å². The maximum Gasteiger partial charge on any atom is 0.121 e. The Morgan fingerprint density at radius 3 is 2.04 bits per heavy atom. The molecule has 4 heterocycles. The van der Waals surface area contributed by atoms with Crippen molar-refractivity contribution in [1.29, 1.82) is 0 Å². The van der Waals surface area contributed by atoms with Crippen LogP contribution in [0.3, 0.4) is 0 Å². The normalized spacial score (nSPS) is 12.0. The van der Waals surface area contributed by atoms with Gasteiger partial charge < -0.3 is 19.4 Å². The van der Waals surface area contributed by atoms with E-state index in [-0.39, 0.29) is 30.9 Å². The number of benzene rings is 2. The van der Waals surface area contributed by atoms with Gasteiger partial charge in [-0.15, -0.1) is 35.9 Å². The van der Waals surface area contributed by atoms with Crippen LogP contribution in [0.1, 0.15) is 58.2 Å². The summed E-state index contributed by atoms with van der Waals surface area (Å²) in [6.45, 7) is 22.9. The van der Waals surface area contributed by atoms with Crippen LogP contribution < -0.4 is 5.19 Å². The zero-order chi connectivity index (χ0) is 33.3. The van der Waals surface area contributed by atoms with Gasteiger partial charge in [-0.2, -0.15) is 0 Å². The third kappa shape index (κ3) is 9.13. The van der Waals surface area contributed by atoms with E-state index in [0.29, 0.717) is 0 Å². The molecule has 4 aromatic heterocycles. The SMILES string of the molecule is CC(C)(C)Cc1cc(-c2[c-]cccc2)ncc1[Si](C)(C)C.Cc1cnc(-c2[c-]ncc3c2oc2ccccc23)cc1CC(C)(C)C.[Ir].